The highest BCUT2D eigenvalue weighted by atomic mass is 79.9. The number of benzene rings is 2. The smallest absolute Gasteiger partial charge is 0.335 e. The lowest BCUT2D eigenvalue weighted by Crippen LogP contribution is -1.98. The van der Waals surface area contributed by atoms with E-state index in [1.165, 1.54) is 12.1 Å². The van der Waals surface area contributed by atoms with E-state index in [1.807, 2.05) is 24.3 Å². The van der Waals surface area contributed by atoms with Gasteiger partial charge in [-0.1, -0.05) is 28.1 Å². The Morgan fingerprint density at radius 2 is 1.89 bits per heavy atom. The van der Waals surface area contributed by atoms with Crippen molar-refractivity contribution >= 4 is 21.9 Å². The van der Waals surface area contributed by atoms with Crippen molar-refractivity contribution in [2.75, 3.05) is 0 Å². The van der Waals surface area contributed by atoms with Gasteiger partial charge in [-0.3, -0.25) is 0 Å². The van der Waals surface area contributed by atoms with Crippen LogP contribution in [0, 0.1) is 0 Å². The van der Waals surface area contributed by atoms with Crippen LogP contribution in [-0.2, 0) is 6.61 Å². The Hall–Kier alpha value is -1.81. The molecule has 2 aromatic carbocycles. The Balaban J connectivity index is 2.00. The summed E-state index contributed by atoms with van der Waals surface area (Å²) in [7, 11) is 0. The molecule has 0 spiro atoms. The quantitative estimate of drug-likeness (QED) is 0.936. The monoisotopic (exact) mass is 306 g/mol. The van der Waals surface area contributed by atoms with Gasteiger partial charge in [0.1, 0.15) is 12.4 Å². The summed E-state index contributed by atoms with van der Waals surface area (Å²) in [4.78, 5) is 10.7. The van der Waals surface area contributed by atoms with Crippen LogP contribution in [0.4, 0.5) is 0 Å². The standard InChI is InChI=1S/C14H11BrO3/c15-12-3-1-2-10(8-12)9-18-13-6-4-11(5-7-13)14(16)17/h1-8H,9H2,(H,16,17). The topological polar surface area (TPSA) is 46.5 Å². The van der Waals surface area contributed by atoms with Gasteiger partial charge in [0.25, 0.3) is 0 Å². The number of hydrogen-bond donors (Lipinski definition) is 1. The van der Waals surface area contributed by atoms with Crippen LogP contribution in [0.25, 0.3) is 0 Å². The molecule has 2 rings (SSSR count). The SMILES string of the molecule is O=C(O)c1ccc(OCc2cccc(Br)c2)cc1. The Morgan fingerprint density at radius 3 is 2.50 bits per heavy atom. The third kappa shape index (κ3) is 3.34. The van der Waals surface area contributed by atoms with Crippen molar-refractivity contribution in [1.29, 1.82) is 0 Å². The number of ether oxygens (including phenoxy) is 1. The molecule has 0 unspecified atom stereocenters. The number of aromatic carboxylic acids is 1. The summed E-state index contributed by atoms with van der Waals surface area (Å²) in [6.45, 7) is 0.450. The molecule has 0 fully saturated rings. The van der Waals surface area contributed by atoms with Crippen LogP contribution in [-0.4, -0.2) is 11.1 Å². The number of halogens is 1. The summed E-state index contributed by atoms with van der Waals surface area (Å²) in [5.41, 5.74) is 1.30. The van der Waals surface area contributed by atoms with Crippen LogP contribution in [0.2, 0.25) is 0 Å². The van der Waals surface area contributed by atoms with E-state index in [2.05, 4.69) is 15.9 Å². The van der Waals surface area contributed by atoms with E-state index in [9.17, 15) is 4.79 Å². The van der Waals surface area contributed by atoms with Crippen molar-refractivity contribution < 1.29 is 14.6 Å². The molecular formula is C14H11BrO3. The number of rotatable bonds is 4. The Labute approximate surface area is 113 Å². The maximum absolute atomic E-state index is 10.7. The first-order valence-corrected chi connectivity index (χ1v) is 6.15. The molecule has 0 aromatic heterocycles. The zero-order valence-electron chi connectivity index (χ0n) is 9.47. The number of hydrogen-bond acceptors (Lipinski definition) is 2. The molecule has 0 amide bonds. The Morgan fingerprint density at radius 1 is 1.17 bits per heavy atom. The van der Waals surface area contributed by atoms with Crippen molar-refractivity contribution in [3.05, 3.63) is 64.1 Å². The van der Waals surface area contributed by atoms with Crippen molar-refractivity contribution in [3.63, 3.8) is 0 Å². The molecule has 0 bridgehead atoms. The first kappa shape index (κ1) is 12.6. The van der Waals surface area contributed by atoms with Gasteiger partial charge in [-0.15, -0.1) is 0 Å². The first-order valence-electron chi connectivity index (χ1n) is 5.36. The van der Waals surface area contributed by atoms with Gasteiger partial charge >= 0.3 is 5.97 Å². The van der Waals surface area contributed by atoms with Gasteiger partial charge in [0.2, 0.25) is 0 Å². The Bertz CT molecular complexity index is 549. The minimum Gasteiger partial charge on any atom is -0.489 e. The maximum Gasteiger partial charge on any atom is 0.335 e. The lowest BCUT2D eigenvalue weighted by molar-refractivity contribution is 0.0697. The fourth-order valence-electron chi connectivity index (χ4n) is 1.49. The van der Waals surface area contributed by atoms with Crippen LogP contribution >= 0.6 is 15.9 Å². The van der Waals surface area contributed by atoms with Gasteiger partial charge in [-0.25, -0.2) is 4.79 Å². The molecule has 1 N–H and O–H groups in total. The van der Waals surface area contributed by atoms with Gasteiger partial charge in [0.15, 0.2) is 0 Å². The zero-order valence-corrected chi connectivity index (χ0v) is 11.1. The second-order valence-electron chi connectivity index (χ2n) is 3.75. The molecule has 0 saturated heterocycles. The number of carbonyl (C=O) groups is 1. The van der Waals surface area contributed by atoms with Gasteiger partial charge in [0.05, 0.1) is 5.56 Å². The average Bonchev–Trinajstić information content (AvgIpc) is 2.37. The molecular weight excluding hydrogens is 296 g/mol. The highest BCUT2D eigenvalue weighted by Gasteiger charge is 2.02. The molecule has 3 nitrogen and oxygen atoms in total. The van der Waals surface area contributed by atoms with Gasteiger partial charge in [-0.2, -0.15) is 0 Å². The van der Waals surface area contributed by atoms with Crippen molar-refractivity contribution in [2.45, 2.75) is 6.61 Å². The second-order valence-corrected chi connectivity index (χ2v) is 4.66. The number of carboxylic acids is 1. The van der Waals surface area contributed by atoms with E-state index in [0.717, 1.165) is 10.0 Å². The van der Waals surface area contributed by atoms with E-state index >= 15 is 0 Å². The largest absolute Gasteiger partial charge is 0.489 e. The lowest BCUT2D eigenvalue weighted by atomic mass is 10.2. The highest BCUT2D eigenvalue weighted by molar-refractivity contribution is 9.10. The third-order valence-electron chi connectivity index (χ3n) is 2.40. The fraction of sp³-hybridized carbons (Fsp3) is 0.0714. The highest BCUT2D eigenvalue weighted by Crippen LogP contribution is 2.16. The zero-order chi connectivity index (χ0) is 13.0. The van der Waals surface area contributed by atoms with E-state index in [1.54, 1.807) is 12.1 Å². The lowest BCUT2D eigenvalue weighted by Gasteiger charge is -2.06. The van der Waals surface area contributed by atoms with Crippen molar-refractivity contribution in [3.8, 4) is 5.75 Å². The summed E-state index contributed by atoms with van der Waals surface area (Å²) in [6, 6.07) is 14.2. The van der Waals surface area contributed by atoms with Crippen LogP contribution in [0.1, 0.15) is 15.9 Å². The molecule has 0 aliphatic heterocycles. The predicted octanol–water partition coefficient (Wildman–Crippen LogP) is 3.73. The van der Waals surface area contributed by atoms with E-state index in [-0.39, 0.29) is 5.56 Å². The van der Waals surface area contributed by atoms with Crippen molar-refractivity contribution in [2.24, 2.45) is 0 Å². The van der Waals surface area contributed by atoms with Crippen LogP contribution in [0.5, 0.6) is 5.75 Å². The number of carboxylic acid groups (broad SMARTS) is 1. The van der Waals surface area contributed by atoms with Crippen LogP contribution in [0.15, 0.2) is 53.0 Å². The van der Waals surface area contributed by atoms with Crippen LogP contribution in [0.3, 0.4) is 0 Å². The second kappa shape index (κ2) is 5.69. The molecule has 2 aromatic rings. The average molecular weight is 307 g/mol. The molecule has 0 aliphatic carbocycles. The molecule has 0 radical (unpaired) electrons. The van der Waals surface area contributed by atoms with E-state index in [0.29, 0.717) is 12.4 Å². The molecule has 0 heterocycles. The maximum atomic E-state index is 10.7. The molecule has 0 atom stereocenters. The molecule has 4 heteroatoms. The van der Waals surface area contributed by atoms with Crippen LogP contribution < -0.4 is 4.74 Å². The summed E-state index contributed by atoms with van der Waals surface area (Å²) < 4.78 is 6.57. The minimum absolute atomic E-state index is 0.254. The first-order chi connectivity index (χ1) is 8.65. The molecule has 18 heavy (non-hydrogen) atoms. The third-order valence-corrected chi connectivity index (χ3v) is 2.89. The van der Waals surface area contributed by atoms with Gasteiger partial charge in [-0.05, 0) is 42.0 Å². The summed E-state index contributed by atoms with van der Waals surface area (Å²) >= 11 is 3.39. The molecule has 0 aliphatic rings. The Kier molecular flexibility index (Phi) is 3.99. The minimum atomic E-state index is -0.937. The summed E-state index contributed by atoms with van der Waals surface area (Å²) in [6.07, 6.45) is 0. The van der Waals surface area contributed by atoms with E-state index in [4.69, 9.17) is 9.84 Å². The summed E-state index contributed by atoms with van der Waals surface area (Å²) in [5.74, 6) is -0.284. The predicted molar refractivity (Wildman–Crippen MR) is 71.9 cm³/mol. The van der Waals surface area contributed by atoms with Gasteiger partial charge < -0.3 is 9.84 Å². The van der Waals surface area contributed by atoms with Gasteiger partial charge in [0, 0.05) is 4.47 Å². The van der Waals surface area contributed by atoms with Crippen molar-refractivity contribution in [1.82, 2.24) is 0 Å². The normalized spacial score (nSPS) is 10.1. The molecule has 0 saturated carbocycles. The van der Waals surface area contributed by atoms with E-state index < -0.39 is 5.97 Å². The molecule has 92 valence electrons. The fourth-order valence-corrected chi connectivity index (χ4v) is 1.93. The summed E-state index contributed by atoms with van der Waals surface area (Å²) in [5, 5.41) is 8.77.